The summed E-state index contributed by atoms with van der Waals surface area (Å²) in [5, 5.41) is 11.3. The number of rotatable bonds is 5. The summed E-state index contributed by atoms with van der Waals surface area (Å²) in [7, 11) is 2.97. The maximum atomic E-state index is 11.5. The zero-order valence-corrected chi connectivity index (χ0v) is 9.79. The minimum Gasteiger partial charge on any atom is -0.466 e. The predicted octanol–water partition coefficient (Wildman–Crippen LogP) is 1.72. The van der Waals surface area contributed by atoms with E-state index in [2.05, 4.69) is 11.3 Å². The molecule has 4 nitrogen and oxygen atoms in total. The first-order valence-corrected chi connectivity index (χ1v) is 4.78. The number of amides is 1. The van der Waals surface area contributed by atoms with Gasteiger partial charge in [-0.05, 0) is 13.3 Å². The molecule has 1 amide bonds. The molecule has 4 heteroatoms. The van der Waals surface area contributed by atoms with Crippen molar-refractivity contribution in [1.82, 2.24) is 4.90 Å². The third-order valence-electron chi connectivity index (χ3n) is 2.04. The zero-order chi connectivity index (χ0) is 12.0. The van der Waals surface area contributed by atoms with Gasteiger partial charge >= 0.3 is 5.95 Å². The molecule has 0 bridgehead atoms. The fourth-order valence-corrected chi connectivity index (χ4v) is 1.15. The van der Waals surface area contributed by atoms with E-state index in [-0.39, 0.29) is 18.4 Å². The van der Waals surface area contributed by atoms with Crippen molar-refractivity contribution in [1.29, 1.82) is 0 Å². The fourth-order valence-electron chi connectivity index (χ4n) is 1.15. The molecule has 0 aromatic carbocycles. The van der Waals surface area contributed by atoms with Crippen molar-refractivity contribution in [3.8, 4) is 0 Å². The number of nitrogens with zero attached hydrogens (tertiary/aromatic N) is 1. The Hall–Kier alpha value is -1.45. The van der Waals surface area contributed by atoms with E-state index in [1.807, 2.05) is 6.92 Å². The molecule has 0 heterocycles. The van der Waals surface area contributed by atoms with E-state index in [4.69, 9.17) is 0 Å². The molecule has 0 spiro atoms. The highest BCUT2D eigenvalue weighted by molar-refractivity contribution is 5.92. The normalized spacial score (nSPS) is 11.7. The quantitative estimate of drug-likeness (QED) is 0.514. The van der Waals surface area contributed by atoms with E-state index in [1.54, 1.807) is 14.0 Å². The first kappa shape index (κ1) is 13.5. The van der Waals surface area contributed by atoms with Crippen LogP contribution in [-0.2, 0) is 14.6 Å². The number of methoxy groups -OCH3 is 1. The molecule has 0 aromatic rings. The molecule has 0 atom stereocenters. The smallest absolute Gasteiger partial charge is 0.331 e. The number of ether oxygens (including phenoxy) is 1. The van der Waals surface area contributed by atoms with E-state index < -0.39 is 0 Å². The topological polar surface area (TPSA) is 49.4 Å². The van der Waals surface area contributed by atoms with Crippen molar-refractivity contribution in [3.63, 3.8) is 0 Å². The zero-order valence-electron chi connectivity index (χ0n) is 9.79. The molecule has 0 rings (SSSR count). The van der Waals surface area contributed by atoms with Crippen LogP contribution in [0.1, 0.15) is 20.3 Å². The van der Waals surface area contributed by atoms with Gasteiger partial charge in [-0.3, -0.25) is 4.79 Å². The third-order valence-corrected chi connectivity index (χ3v) is 2.04. The van der Waals surface area contributed by atoms with Gasteiger partial charge in [-0.1, -0.05) is 13.5 Å². The minimum absolute atomic E-state index is 0.162. The van der Waals surface area contributed by atoms with Crippen molar-refractivity contribution in [2.75, 3.05) is 20.7 Å². The summed E-state index contributed by atoms with van der Waals surface area (Å²) in [5.41, 5.74) is 1.03. The van der Waals surface area contributed by atoms with Crippen LogP contribution in [0.3, 0.4) is 0 Å². The van der Waals surface area contributed by atoms with Crippen LogP contribution in [0.5, 0.6) is 0 Å². The molecule has 0 aliphatic rings. The molecule has 85 valence electrons. The van der Waals surface area contributed by atoms with E-state index in [9.17, 15) is 9.90 Å². The van der Waals surface area contributed by atoms with Crippen LogP contribution >= 0.6 is 0 Å². The maximum Gasteiger partial charge on any atom is 0.331 e. The Morgan fingerprint density at radius 1 is 1.47 bits per heavy atom. The van der Waals surface area contributed by atoms with E-state index in [0.29, 0.717) is 17.6 Å². The first-order valence-electron chi connectivity index (χ1n) is 4.78. The van der Waals surface area contributed by atoms with Crippen LogP contribution in [-0.4, -0.2) is 31.5 Å². The summed E-state index contributed by atoms with van der Waals surface area (Å²) in [4.78, 5) is 12.9. The fraction of sp³-hybridized carbons (Fsp3) is 0.545. The van der Waals surface area contributed by atoms with Crippen LogP contribution in [0.15, 0.2) is 23.7 Å². The molecular formula is C11H18NO3. The Morgan fingerprint density at radius 2 is 2.00 bits per heavy atom. The van der Waals surface area contributed by atoms with Gasteiger partial charge in [-0.15, -0.1) is 0 Å². The van der Waals surface area contributed by atoms with Crippen molar-refractivity contribution < 1.29 is 14.6 Å². The second-order valence-electron chi connectivity index (χ2n) is 3.39. The Balaban J connectivity index is 4.58. The largest absolute Gasteiger partial charge is 0.466 e. The minimum atomic E-state index is -0.362. The average Bonchev–Trinajstić information content (AvgIpc) is 2.22. The van der Waals surface area contributed by atoms with Crippen molar-refractivity contribution in [2.24, 2.45) is 0 Å². The molecule has 0 fully saturated rings. The van der Waals surface area contributed by atoms with E-state index in [0.717, 1.165) is 0 Å². The van der Waals surface area contributed by atoms with Gasteiger partial charge in [-0.25, -0.2) is 5.11 Å². The number of likely N-dealkylation sites (N-methyl/N-ethyl adjacent to an activating group) is 1. The molecule has 0 unspecified atom stereocenters. The molecule has 0 saturated carbocycles. The number of hydrogen-bond donors (Lipinski definition) is 0. The van der Waals surface area contributed by atoms with Gasteiger partial charge in [0.05, 0.1) is 7.11 Å². The highest BCUT2D eigenvalue weighted by Crippen LogP contribution is 2.10. The molecule has 0 aliphatic heterocycles. The molecule has 1 radical (unpaired) electrons. The first-order chi connectivity index (χ1) is 6.93. The van der Waals surface area contributed by atoms with E-state index >= 15 is 0 Å². The monoisotopic (exact) mass is 212 g/mol. The van der Waals surface area contributed by atoms with Crippen LogP contribution in [0, 0.1) is 0 Å². The van der Waals surface area contributed by atoms with Gasteiger partial charge in [0, 0.05) is 24.7 Å². The van der Waals surface area contributed by atoms with Gasteiger partial charge in [0.2, 0.25) is 5.91 Å². The standard InChI is InChI=1S/C11H18NO3/c1-6-9(11(14)15-5)7-12(4)10(13)8(2)3/h2,6-7H2,1,3-5H3. The van der Waals surface area contributed by atoms with Crippen LogP contribution in [0.25, 0.3) is 0 Å². The molecule has 0 saturated heterocycles. The molecule has 0 aliphatic carbocycles. The summed E-state index contributed by atoms with van der Waals surface area (Å²) >= 11 is 0. The third kappa shape index (κ3) is 4.06. The summed E-state index contributed by atoms with van der Waals surface area (Å²) in [5.74, 6) is -0.524. The summed E-state index contributed by atoms with van der Waals surface area (Å²) in [6, 6.07) is 0. The second kappa shape index (κ2) is 6.11. The van der Waals surface area contributed by atoms with Crippen LogP contribution < -0.4 is 0 Å². The summed E-state index contributed by atoms with van der Waals surface area (Å²) < 4.78 is 4.61. The van der Waals surface area contributed by atoms with Gasteiger partial charge in [0.1, 0.15) is 0 Å². The lowest BCUT2D eigenvalue weighted by atomic mass is 10.2. The number of carbonyl (C=O) groups is 1. The lowest BCUT2D eigenvalue weighted by Gasteiger charge is -2.18. The van der Waals surface area contributed by atoms with Crippen molar-refractivity contribution >= 4 is 5.91 Å². The second-order valence-corrected chi connectivity index (χ2v) is 3.39. The Bertz CT molecular complexity index is 282. The Labute approximate surface area is 90.8 Å². The SMILES string of the molecule is C=C(C)C(=O)N(C)CC(CC)=C([O])OC. The Morgan fingerprint density at radius 3 is 2.33 bits per heavy atom. The lowest BCUT2D eigenvalue weighted by Crippen LogP contribution is -2.29. The lowest BCUT2D eigenvalue weighted by molar-refractivity contribution is -0.125. The molecule has 0 aromatic heterocycles. The maximum absolute atomic E-state index is 11.5. The van der Waals surface area contributed by atoms with Gasteiger partial charge in [0.25, 0.3) is 0 Å². The van der Waals surface area contributed by atoms with Crippen LogP contribution in [0.4, 0.5) is 0 Å². The summed E-state index contributed by atoms with van der Waals surface area (Å²) in [6.45, 7) is 7.34. The number of carbonyl (C=O) groups excluding carboxylic acids is 1. The van der Waals surface area contributed by atoms with Crippen LogP contribution in [0.2, 0.25) is 0 Å². The van der Waals surface area contributed by atoms with Gasteiger partial charge in [-0.2, -0.15) is 0 Å². The van der Waals surface area contributed by atoms with Crippen molar-refractivity contribution in [2.45, 2.75) is 20.3 Å². The predicted molar refractivity (Wildman–Crippen MR) is 57.5 cm³/mol. The number of hydrogen-bond acceptors (Lipinski definition) is 2. The molecular weight excluding hydrogens is 194 g/mol. The molecule has 15 heavy (non-hydrogen) atoms. The average molecular weight is 212 g/mol. The molecule has 0 N–H and O–H groups in total. The van der Waals surface area contributed by atoms with E-state index in [1.165, 1.54) is 12.0 Å². The van der Waals surface area contributed by atoms with Gasteiger partial charge in [0.15, 0.2) is 0 Å². The highest BCUT2D eigenvalue weighted by Gasteiger charge is 2.14. The Kier molecular flexibility index (Phi) is 5.52. The van der Waals surface area contributed by atoms with Gasteiger partial charge < -0.3 is 9.64 Å². The highest BCUT2D eigenvalue weighted by atomic mass is 16.6. The summed E-state index contributed by atoms with van der Waals surface area (Å²) in [6.07, 6.45) is 0.570. The van der Waals surface area contributed by atoms with Crippen molar-refractivity contribution in [3.05, 3.63) is 23.7 Å².